The third-order valence-electron chi connectivity index (χ3n) is 6.33. The normalized spacial score (nSPS) is 16.5. The summed E-state index contributed by atoms with van der Waals surface area (Å²) in [7, 11) is 2.14. The van der Waals surface area contributed by atoms with Crippen molar-refractivity contribution in [1.82, 2.24) is 9.47 Å². The molecule has 1 atom stereocenters. The zero-order valence-electron chi connectivity index (χ0n) is 17.5. The van der Waals surface area contributed by atoms with E-state index in [0.29, 0.717) is 13.0 Å². The molecule has 4 aromatic rings. The van der Waals surface area contributed by atoms with Crippen LogP contribution < -0.4 is 0 Å². The second-order valence-corrected chi connectivity index (χ2v) is 8.27. The third kappa shape index (κ3) is 3.11. The van der Waals surface area contributed by atoms with Gasteiger partial charge in [-0.2, -0.15) is 0 Å². The topological polar surface area (TPSA) is 25.2 Å². The Kier molecular flexibility index (Phi) is 4.66. The Morgan fingerprint density at radius 3 is 2.37 bits per heavy atom. The van der Waals surface area contributed by atoms with Crippen LogP contribution in [0.25, 0.3) is 22.2 Å². The Bertz CT molecular complexity index is 1210. The predicted octanol–water partition coefficient (Wildman–Crippen LogP) is 6.02. The highest BCUT2D eigenvalue weighted by atomic mass is 16.2. The first-order chi connectivity index (χ1) is 14.6. The van der Waals surface area contributed by atoms with Gasteiger partial charge in [0.25, 0.3) is 0 Å². The van der Waals surface area contributed by atoms with E-state index in [1.54, 1.807) is 0 Å². The highest BCUT2D eigenvalue weighted by molar-refractivity contribution is 5.93. The maximum Gasteiger partial charge on any atom is 0.223 e. The number of nitrogens with zero attached hydrogens (tertiary/aromatic N) is 2. The number of aromatic nitrogens is 1. The van der Waals surface area contributed by atoms with E-state index in [4.69, 9.17) is 0 Å². The van der Waals surface area contributed by atoms with Gasteiger partial charge in [-0.3, -0.25) is 4.79 Å². The minimum atomic E-state index is 0.0834. The molecule has 0 aliphatic carbocycles. The molecule has 150 valence electrons. The largest absolute Gasteiger partial charge is 0.343 e. The number of likely N-dealkylation sites (tertiary alicyclic amines) is 1. The number of benzene rings is 3. The second kappa shape index (κ2) is 7.49. The molecule has 3 heteroatoms. The summed E-state index contributed by atoms with van der Waals surface area (Å²) < 4.78 is 2.29. The van der Waals surface area contributed by atoms with E-state index in [1.165, 1.54) is 38.9 Å². The Morgan fingerprint density at radius 2 is 1.60 bits per heavy atom. The maximum atomic E-state index is 12.9. The van der Waals surface area contributed by atoms with Gasteiger partial charge in [0, 0.05) is 36.5 Å². The number of amides is 1. The summed E-state index contributed by atoms with van der Waals surface area (Å²) >= 11 is 0. The van der Waals surface area contributed by atoms with E-state index in [9.17, 15) is 4.79 Å². The van der Waals surface area contributed by atoms with Gasteiger partial charge in [-0.15, -0.1) is 0 Å². The summed E-state index contributed by atoms with van der Waals surface area (Å²) in [5.41, 5.74) is 7.33. The van der Waals surface area contributed by atoms with Crippen LogP contribution in [0.4, 0.5) is 0 Å². The summed E-state index contributed by atoms with van der Waals surface area (Å²) in [5, 5.41) is 1.24. The Morgan fingerprint density at radius 1 is 0.900 bits per heavy atom. The number of carbonyl (C=O) groups is 1. The molecular formula is C27H26N2O. The van der Waals surface area contributed by atoms with Gasteiger partial charge < -0.3 is 9.47 Å². The lowest BCUT2D eigenvalue weighted by Gasteiger charge is -2.26. The van der Waals surface area contributed by atoms with E-state index in [2.05, 4.69) is 84.1 Å². The van der Waals surface area contributed by atoms with Gasteiger partial charge in [0.1, 0.15) is 0 Å². The minimum absolute atomic E-state index is 0.0834. The predicted molar refractivity (Wildman–Crippen MR) is 122 cm³/mol. The lowest BCUT2D eigenvalue weighted by Crippen LogP contribution is -2.27. The third-order valence-corrected chi connectivity index (χ3v) is 6.33. The lowest BCUT2D eigenvalue weighted by molar-refractivity contribution is -0.129. The van der Waals surface area contributed by atoms with Crippen LogP contribution in [0.2, 0.25) is 0 Å². The van der Waals surface area contributed by atoms with Crippen molar-refractivity contribution >= 4 is 16.8 Å². The first kappa shape index (κ1) is 18.7. The van der Waals surface area contributed by atoms with Gasteiger partial charge in [-0.25, -0.2) is 0 Å². The summed E-state index contributed by atoms with van der Waals surface area (Å²) in [4.78, 5) is 15.0. The summed E-state index contributed by atoms with van der Waals surface area (Å²) in [5.74, 6) is 0.242. The van der Waals surface area contributed by atoms with Gasteiger partial charge in [0.2, 0.25) is 5.91 Å². The van der Waals surface area contributed by atoms with Crippen molar-refractivity contribution in [3.05, 3.63) is 95.6 Å². The monoisotopic (exact) mass is 394 g/mol. The van der Waals surface area contributed by atoms with Crippen LogP contribution in [-0.4, -0.2) is 15.4 Å². The lowest BCUT2D eigenvalue weighted by atomic mass is 9.96. The molecule has 0 N–H and O–H groups in total. The number of rotatable bonds is 4. The molecule has 1 aliphatic heterocycles. The smallest absolute Gasteiger partial charge is 0.223 e. The van der Waals surface area contributed by atoms with Gasteiger partial charge in [0.15, 0.2) is 0 Å². The zero-order chi connectivity index (χ0) is 20.7. The van der Waals surface area contributed by atoms with Crippen molar-refractivity contribution in [3.8, 4) is 11.3 Å². The van der Waals surface area contributed by atoms with Crippen molar-refractivity contribution in [3.63, 3.8) is 0 Å². The van der Waals surface area contributed by atoms with Crippen molar-refractivity contribution in [2.45, 2.75) is 32.4 Å². The van der Waals surface area contributed by atoms with Crippen molar-refractivity contribution in [2.75, 3.05) is 0 Å². The van der Waals surface area contributed by atoms with E-state index >= 15 is 0 Å². The average Bonchev–Trinajstić information content (AvgIpc) is 3.27. The van der Waals surface area contributed by atoms with Gasteiger partial charge >= 0.3 is 0 Å². The van der Waals surface area contributed by atoms with Crippen LogP contribution in [0.1, 0.15) is 35.6 Å². The molecule has 5 rings (SSSR count). The van der Waals surface area contributed by atoms with E-state index in [-0.39, 0.29) is 11.9 Å². The Balaban J connectivity index is 1.68. The molecule has 0 bridgehead atoms. The first-order valence-corrected chi connectivity index (χ1v) is 10.6. The van der Waals surface area contributed by atoms with E-state index in [0.717, 1.165) is 6.42 Å². The zero-order valence-corrected chi connectivity index (χ0v) is 17.5. The van der Waals surface area contributed by atoms with E-state index < -0.39 is 0 Å². The maximum absolute atomic E-state index is 12.9. The molecule has 1 aliphatic rings. The fraction of sp³-hybridized carbons (Fsp3) is 0.222. The summed E-state index contributed by atoms with van der Waals surface area (Å²) in [6, 6.07) is 27.7. The minimum Gasteiger partial charge on any atom is -0.343 e. The molecule has 0 radical (unpaired) electrons. The number of hydrogen-bond donors (Lipinski definition) is 0. The highest BCUT2D eigenvalue weighted by Gasteiger charge is 2.36. The van der Waals surface area contributed by atoms with Crippen LogP contribution in [-0.2, 0) is 18.4 Å². The number of aryl methyl sites for hydroxylation is 2. The number of para-hydroxylation sites is 1. The van der Waals surface area contributed by atoms with Gasteiger partial charge in [-0.05, 0) is 30.5 Å². The van der Waals surface area contributed by atoms with Crippen molar-refractivity contribution < 1.29 is 4.79 Å². The molecule has 1 amide bonds. The fourth-order valence-corrected chi connectivity index (χ4v) is 4.83. The van der Waals surface area contributed by atoms with Crippen LogP contribution in [0.15, 0.2) is 78.9 Å². The number of fused-ring (bicyclic) bond motifs is 1. The molecule has 30 heavy (non-hydrogen) atoms. The Hall–Kier alpha value is -3.33. The molecule has 3 nitrogen and oxygen atoms in total. The summed E-state index contributed by atoms with van der Waals surface area (Å²) in [6.07, 6.45) is 1.46. The van der Waals surface area contributed by atoms with Crippen LogP contribution in [0.5, 0.6) is 0 Å². The standard InChI is InChI=1S/C27H26N2O/c1-19-12-14-21(15-13-19)27-26(22-10-6-7-11-23(22)28(27)2)24-16-17-25(30)29(24)18-20-8-4-3-5-9-20/h3-15,24H,16-18H2,1-2H3/t24-/m1/s1. The fourth-order valence-electron chi connectivity index (χ4n) is 4.83. The van der Waals surface area contributed by atoms with Crippen LogP contribution >= 0.6 is 0 Å². The molecule has 0 spiro atoms. The van der Waals surface area contributed by atoms with Gasteiger partial charge in [-0.1, -0.05) is 78.4 Å². The SMILES string of the molecule is Cc1ccc(-c2c([C@H]3CCC(=O)N3Cc3ccccc3)c3ccccc3n2C)cc1. The van der Waals surface area contributed by atoms with Crippen molar-refractivity contribution in [1.29, 1.82) is 0 Å². The second-order valence-electron chi connectivity index (χ2n) is 8.27. The number of hydrogen-bond acceptors (Lipinski definition) is 1. The van der Waals surface area contributed by atoms with Crippen LogP contribution in [0.3, 0.4) is 0 Å². The molecule has 0 saturated carbocycles. The molecule has 1 saturated heterocycles. The van der Waals surface area contributed by atoms with E-state index in [1.807, 2.05) is 18.2 Å². The molecule has 2 heterocycles. The Labute approximate surface area is 177 Å². The summed E-state index contributed by atoms with van der Waals surface area (Å²) in [6.45, 7) is 2.77. The van der Waals surface area contributed by atoms with Crippen LogP contribution in [0, 0.1) is 6.92 Å². The molecule has 3 aromatic carbocycles. The van der Waals surface area contributed by atoms with Crippen molar-refractivity contribution in [2.24, 2.45) is 7.05 Å². The van der Waals surface area contributed by atoms with Gasteiger partial charge in [0.05, 0.1) is 11.7 Å². The molecule has 1 aromatic heterocycles. The highest BCUT2D eigenvalue weighted by Crippen LogP contribution is 2.44. The first-order valence-electron chi connectivity index (χ1n) is 10.6. The molecular weight excluding hydrogens is 368 g/mol. The molecule has 1 fully saturated rings. The average molecular weight is 395 g/mol. The number of carbonyl (C=O) groups excluding carboxylic acids is 1. The molecule has 0 unspecified atom stereocenters. The quantitative estimate of drug-likeness (QED) is 0.416.